The van der Waals surface area contributed by atoms with Crippen LogP contribution in [0.5, 0.6) is 5.75 Å². The third-order valence-electron chi connectivity index (χ3n) is 3.02. The van der Waals surface area contributed by atoms with Crippen molar-refractivity contribution in [2.75, 3.05) is 6.54 Å². The van der Waals surface area contributed by atoms with Crippen molar-refractivity contribution in [3.63, 3.8) is 0 Å². The van der Waals surface area contributed by atoms with Gasteiger partial charge in [0, 0.05) is 5.69 Å². The average Bonchev–Trinajstić information content (AvgIpc) is 2.38. The third-order valence-corrected chi connectivity index (χ3v) is 3.02. The summed E-state index contributed by atoms with van der Waals surface area (Å²) in [7, 11) is 0. The van der Waals surface area contributed by atoms with E-state index in [0.29, 0.717) is 13.2 Å². The minimum absolute atomic E-state index is 0.490. The van der Waals surface area contributed by atoms with Crippen molar-refractivity contribution in [1.29, 1.82) is 0 Å². The second-order valence-electron chi connectivity index (χ2n) is 4.66. The number of nitrogens with two attached hydrogens (primary N) is 1. The van der Waals surface area contributed by atoms with E-state index < -0.39 is 0 Å². The molecule has 3 nitrogen and oxygen atoms in total. The minimum Gasteiger partial charge on any atom is -0.487 e. The molecule has 2 aromatic rings. The molecule has 1 aromatic carbocycles. The molecule has 0 spiro atoms. The first-order chi connectivity index (χ1) is 9.20. The zero-order chi connectivity index (χ0) is 13.7. The molecule has 0 bridgehead atoms. The summed E-state index contributed by atoms with van der Waals surface area (Å²) in [6, 6.07) is 12.1. The van der Waals surface area contributed by atoms with Crippen molar-refractivity contribution < 1.29 is 4.74 Å². The van der Waals surface area contributed by atoms with Crippen molar-refractivity contribution in [2.24, 2.45) is 5.73 Å². The molecule has 0 unspecified atom stereocenters. The van der Waals surface area contributed by atoms with Crippen LogP contribution < -0.4 is 10.5 Å². The highest BCUT2D eigenvalue weighted by atomic mass is 16.5. The Morgan fingerprint density at radius 2 is 1.89 bits per heavy atom. The fourth-order valence-electron chi connectivity index (χ4n) is 2.10. The zero-order valence-corrected chi connectivity index (χ0v) is 11.5. The number of hydrogen-bond acceptors (Lipinski definition) is 3. The summed E-state index contributed by atoms with van der Waals surface area (Å²) in [5, 5.41) is 0. The summed E-state index contributed by atoms with van der Waals surface area (Å²) in [5.74, 6) is 0.941. The second kappa shape index (κ2) is 6.34. The largest absolute Gasteiger partial charge is 0.487 e. The Labute approximate surface area is 114 Å². The molecule has 0 fully saturated rings. The van der Waals surface area contributed by atoms with Crippen LogP contribution in [-0.4, -0.2) is 11.5 Å². The van der Waals surface area contributed by atoms with Crippen molar-refractivity contribution in [3.8, 4) is 5.75 Å². The Morgan fingerprint density at radius 1 is 1.11 bits per heavy atom. The summed E-state index contributed by atoms with van der Waals surface area (Å²) in [6.45, 7) is 5.16. The molecule has 2 N–H and O–H groups in total. The van der Waals surface area contributed by atoms with Gasteiger partial charge in [0.25, 0.3) is 0 Å². The number of pyridine rings is 1. The van der Waals surface area contributed by atoms with Gasteiger partial charge in [0.2, 0.25) is 0 Å². The lowest BCUT2D eigenvalue weighted by Gasteiger charge is -2.13. The van der Waals surface area contributed by atoms with Gasteiger partial charge in [0.1, 0.15) is 12.4 Å². The first-order valence-electron chi connectivity index (χ1n) is 6.54. The SMILES string of the molecule is Cc1cccc(COc2c(C)cccc2CCN)n1. The number of aryl methyl sites for hydroxylation is 2. The van der Waals surface area contributed by atoms with Crippen LogP contribution >= 0.6 is 0 Å². The Bertz CT molecular complexity index is 552. The number of para-hydroxylation sites is 1. The maximum atomic E-state index is 5.94. The van der Waals surface area contributed by atoms with E-state index in [0.717, 1.165) is 34.7 Å². The number of rotatable bonds is 5. The molecule has 0 amide bonds. The summed E-state index contributed by atoms with van der Waals surface area (Å²) >= 11 is 0. The lowest BCUT2D eigenvalue weighted by atomic mass is 10.1. The second-order valence-corrected chi connectivity index (χ2v) is 4.66. The van der Waals surface area contributed by atoms with Gasteiger partial charge in [-0.05, 0) is 50.1 Å². The van der Waals surface area contributed by atoms with Crippen molar-refractivity contribution >= 4 is 0 Å². The summed E-state index contributed by atoms with van der Waals surface area (Å²) in [6.07, 6.45) is 0.832. The Kier molecular flexibility index (Phi) is 4.53. The lowest BCUT2D eigenvalue weighted by Crippen LogP contribution is -2.07. The summed E-state index contributed by atoms with van der Waals surface area (Å²) in [5.41, 5.74) is 9.89. The molecule has 0 saturated heterocycles. The molecule has 3 heteroatoms. The fourth-order valence-corrected chi connectivity index (χ4v) is 2.10. The van der Waals surface area contributed by atoms with E-state index in [1.165, 1.54) is 0 Å². The molecule has 0 radical (unpaired) electrons. The van der Waals surface area contributed by atoms with Crippen LogP contribution in [0.15, 0.2) is 36.4 Å². The van der Waals surface area contributed by atoms with Gasteiger partial charge in [0.15, 0.2) is 0 Å². The highest BCUT2D eigenvalue weighted by molar-refractivity contribution is 5.41. The van der Waals surface area contributed by atoms with E-state index >= 15 is 0 Å². The Morgan fingerprint density at radius 3 is 2.63 bits per heavy atom. The maximum absolute atomic E-state index is 5.94. The smallest absolute Gasteiger partial charge is 0.130 e. The summed E-state index contributed by atoms with van der Waals surface area (Å²) in [4.78, 5) is 4.44. The molecule has 0 aliphatic carbocycles. The van der Waals surface area contributed by atoms with Crippen LogP contribution in [0.2, 0.25) is 0 Å². The van der Waals surface area contributed by atoms with E-state index in [1.807, 2.05) is 31.2 Å². The van der Waals surface area contributed by atoms with Gasteiger partial charge in [-0.2, -0.15) is 0 Å². The highest BCUT2D eigenvalue weighted by Gasteiger charge is 2.07. The van der Waals surface area contributed by atoms with Crippen LogP contribution in [0, 0.1) is 13.8 Å². The predicted octanol–water partition coefficient (Wildman–Crippen LogP) is 2.78. The summed E-state index contributed by atoms with van der Waals surface area (Å²) < 4.78 is 5.94. The van der Waals surface area contributed by atoms with E-state index in [2.05, 4.69) is 24.0 Å². The number of nitrogens with zero attached hydrogens (tertiary/aromatic N) is 1. The maximum Gasteiger partial charge on any atom is 0.130 e. The normalized spacial score (nSPS) is 10.5. The molecule has 0 aliphatic rings. The first kappa shape index (κ1) is 13.6. The molecular formula is C16H20N2O. The van der Waals surface area contributed by atoms with Crippen molar-refractivity contribution in [2.45, 2.75) is 26.9 Å². The van der Waals surface area contributed by atoms with Crippen LogP contribution in [0.25, 0.3) is 0 Å². The third kappa shape index (κ3) is 3.55. The minimum atomic E-state index is 0.490. The molecule has 1 heterocycles. The molecule has 2 rings (SSSR count). The van der Waals surface area contributed by atoms with Crippen LogP contribution in [-0.2, 0) is 13.0 Å². The topological polar surface area (TPSA) is 48.1 Å². The quantitative estimate of drug-likeness (QED) is 0.895. The van der Waals surface area contributed by atoms with E-state index in [9.17, 15) is 0 Å². The Hall–Kier alpha value is -1.87. The van der Waals surface area contributed by atoms with Crippen molar-refractivity contribution in [1.82, 2.24) is 4.98 Å². The predicted molar refractivity (Wildman–Crippen MR) is 77.2 cm³/mol. The van der Waals surface area contributed by atoms with Crippen LogP contribution in [0.1, 0.15) is 22.5 Å². The van der Waals surface area contributed by atoms with Gasteiger partial charge in [-0.1, -0.05) is 24.3 Å². The van der Waals surface area contributed by atoms with Gasteiger partial charge in [-0.3, -0.25) is 4.98 Å². The van der Waals surface area contributed by atoms with E-state index in [-0.39, 0.29) is 0 Å². The fraction of sp³-hybridized carbons (Fsp3) is 0.312. The number of hydrogen-bond donors (Lipinski definition) is 1. The van der Waals surface area contributed by atoms with E-state index in [4.69, 9.17) is 10.5 Å². The van der Waals surface area contributed by atoms with Gasteiger partial charge in [0.05, 0.1) is 5.69 Å². The zero-order valence-electron chi connectivity index (χ0n) is 11.5. The van der Waals surface area contributed by atoms with Crippen LogP contribution in [0.3, 0.4) is 0 Å². The monoisotopic (exact) mass is 256 g/mol. The number of benzene rings is 1. The molecule has 100 valence electrons. The average molecular weight is 256 g/mol. The molecule has 0 saturated carbocycles. The van der Waals surface area contributed by atoms with Gasteiger partial charge >= 0.3 is 0 Å². The van der Waals surface area contributed by atoms with E-state index in [1.54, 1.807) is 0 Å². The molecule has 0 aliphatic heterocycles. The highest BCUT2D eigenvalue weighted by Crippen LogP contribution is 2.24. The van der Waals surface area contributed by atoms with Gasteiger partial charge in [-0.25, -0.2) is 0 Å². The molecule has 1 aromatic heterocycles. The Balaban J connectivity index is 2.14. The number of ether oxygens (including phenoxy) is 1. The standard InChI is InChI=1S/C16H20N2O/c1-12-5-3-7-14(9-10-17)16(12)19-11-15-8-4-6-13(2)18-15/h3-8H,9-11,17H2,1-2H3. The first-order valence-corrected chi connectivity index (χ1v) is 6.54. The lowest BCUT2D eigenvalue weighted by molar-refractivity contribution is 0.296. The molecule has 19 heavy (non-hydrogen) atoms. The number of aromatic nitrogens is 1. The van der Waals surface area contributed by atoms with Crippen LogP contribution in [0.4, 0.5) is 0 Å². The molecule has 0 atom stereocenters. The van der Waals surface area contributed by atoms with Crippen molar-refractivity contribution in [3.05, 3.63) is 58.9 Å². The van der Waals surface area contributed by atoms with Gasteiger partial charge < -0.3 is 10.5 Å². The van der Waals surface area contributed by atoms with Gasteiger partial charge in [-0.15, -0.1) is 0 Å². The molecular weight excluding hydrogens is 236 g/mol.